The van der Waals surface area contributed by atoms with Crippen molar-refractivity contribution in [2.75, 3.05) is 18.4 Å². The number of aliphatic imine (C=N–C) groups is 1. The Labute approximate surface area is 190 Å². The molecule has 0 unspecified atom stereocenters. The molecule has 2 N–H and O–H groups in total. The zero-order valence-corrected chi connectivity index (χ0v) is 18.2. The van der Waals surface area contributed by atoms with Crippen molar-refractivity contribution >= 4 is 35.4 Å². The molecule has 0 saturated carbocycles. The maximum absolute atomic E-state index is 12.8. The number of nitrogens with zero attached hydrogens (tertiary/aromatic N) is 4. The lowest BCUT2D eigenvalue weighted by Crippen LogP contribution is -2.33. The van der Waals surface area contributed by atoms with Crippen LogP contribution in [0.1, 0.15) is 11.3 Å². The van der Waals surface area contributed by atoms with Gasteiger partial charge in [-0.2, -0.15) is 0 Å². The van der Waals surface area contributed by atoms with Gasteiger partial charge in [0.1, 0.15) is 5.15 Å². The summed E-state index contributed by atoms with van der Waals surface area (Å²) in [6.45, 7) is 2.22. The second-order valence-corrected chi connectivity index (χ2v) is 7.56. The van der Waals surface area contributed by atoms with Gasteiger partial charge in [-0.1, -0.05) is 35.5 Å². The molecule has 0 atom stereocenters. The summed E-state index contributed by atoms with van der Waals surface area (Å²) in [7, 11) is 0. The molecule has 0 aliphatic carbocycles. The lowest BCUT2D eigenvalue weighted by Gasteiger charge is -2.12. The number of pyridine rings is 1. The zero-order chi connectivity index (χ0) is 22.2. The number of hydrogen-bond donors (Lipinski definition) is 2. The van der Waals surface area contributed by atoms with Crippen molar-refractivity contribution in [1.82, 2.24) is 19.9 Å². The minimum absolute atomic E-state index is 0.238. The molecule has 8 heteroatoms. The number of fused-ring (bicyclic) bond motifs is 1. The molecule has 1 aliphatic rings. The van der Waals surface area contributed by atoms with Crippen LogP contribution in [0, 0.1) is 0 Å². The van der Waals surface area contributed by atoms with E-state index in [2.05, 4.69) is 37.4 Å². The maximum atomic E-state index is 12.8. The van der Waals surface area contributed by atoms with Gasteiger partial charge in [-0.15, -0.1) is 0 Å². The molecule has 0 radical (unpaired) electrons. The smallest absolute Gasteiger partial charge is 0.294 e. The van der Waals surface area contributed by atoms with Gasteiger partial charge >= 0.3 is 0 Å². The van der Waals surface area contributed by atoms with E-state index in [1.807, 2.05) is 36.4 Å². The van der Waals surface area contributed by atoms with Gasteiger partial charge in [-0.25, -0.2) is 4.98 Å². The van der Waals surface area contributed by atoms with Gasteiger partial charge in [-0.05, 0) is 35.1 Å². The number of hydrogen-bond acceptors (Lipinski definition) is 6. The molecule has 0 saturated heterocycles. The quantitative estimate of drug-likeness (QED) is 0.486. The van der Waals surface area contributed by atoms with Crippen LogP contribution in [0.2, 0.25) is 5.15 Å². The van der Waals surface area contributed by atoms with E-state index < -0.39 is 0 Å². The van der Waals surface area contributed by atoms with Crippen molar-refractivity contribution in [3.05, 3.63) is 92.2 Å². The number of nitrogens with one attached hydrogen (secondary N) is 2. The highest BCUT2D eigenvalue weighted by Crippen LogP contribution is 2.06. The van der Waals surface area contributed by atoms with Crippen LogP contribution in [0.4, 0.5) is 5.82 Å². The third-order valence-corrected chi connectivity index (χ3v) is 5.35. The largest absolute Gasteiger partial charge is 0.365 e. The highest BCUT2D eigenvalue weighted by Gasteiger charge is 2.09. The first-order valence-electron chi connectivity index (χ1n) is 10.4. The molecule has 3 aromatic rings. The van der Waals surface area contributed by atoms with Crippen molar-refractivity contribution in [2.24, 2.45) is 4.99 Å². The van der Waals surface area contributed by atoms with Crippen LogP contribution < -0.4 is 26.6 Å². The first kappa shape index (κ1) is 21.7. The van der Waals surface area contributed by atoms with Gasteiger partial charge in [0.05, 0.1) is 12.4 Å². The second kappa shape index (κ2) is 10.7. The Hall–Kier alpha value is -3.51. The third kappa shape index (κ3) is 5.39. The lowest BCUT2D eigenvalue weighted by molar-refractivity contribution is 0.583. The Kier molecular flexibility index (Phi) is 7.25. The molecular weight excluding hydrogens is 424 g/mol. The van der Waals surface area contributed by atoms with E-state index >= 15 is 0 Å². The summed E-state index contributed by atoms with van der Waals surface area (Å²) in [4.78, 5) is 25.4. The minimum Gasteiger partial charge on any atom is -0.365 e. The van der Waals surface area contributed by atoms with Crippen LogP contribution in [-0.2, 0) is 19.5 Å². The molecule has 162 valence electrons. The van der Waals surface area contributed by atoms with Crippen LogP contribution in [0.3, 0.4) is 0 Å². The molecule has 0 spiro atoms. The minimum atomic E-state index is -0.238. The molecule has 1 aliphatic heterocycles. The molecule has 32 heavy (non-hydrogen) atoms. The van der Waals surface area contributed by atoms with E-state index in [-0.39, 0.29) is 11.4 Å². The molecule has 0 amide bonds. The van der Waals surface area contributed by atoms with Gasteiger partial charge < -0.3 is 10.6 Å². The maximum Gasteiger partial charge on any atom is 0.294 e. The van der Waals surface area contributed by atoms with Crippen molar-refractivity contribution in [1.29, 1.82) is 0 Å². The molecule has 0 fully saturated rings. The fraction of sp³-hybridized carbons (Fsp3) is 0.208. The molecule has 4 rings (SSSR count). The van der Waals surface area contributed by atoms with E-state index in [0.29, 0.717) is 37.8 Å². The number of rotatable bonds is 9. The average Bonchev–Trinajstić information content (AvgIpc) is 3.07. The standard InChI is InChI=1S/C24H23ClN6O/c25-22-17-30-23(29-13-8-20-6-1-2-10-28-20)24(32)31(22)15-14-27-16-19-5-3-4-18-7-11-26-12-9-21(18)19/h1-6,9-12,17,27H,8,13-16H2,(H,29,30). The van der Waals surface area contributed by atoms with Crippen molar-refractivity contribution in [2.45, 2.75) is 19.5 Å². The highest BCUT2D eigenvalue weighted by molar-refractivity contribution is 6.29. The average molecular weight is 447 g/mol. The molecule has 2 aromatic heterocycles. The van der Waals surface area contributed by atoms with Crippen LogP contribution in [0.15, 0.2) is 64.8 Å². The van der Waals surface area contributed by atoms with Gasteiger partial charge in [0, 0.05) is 55.9 Å². The molecule has 7 nitrogen and oxygen atoms in total. The van der Waals surface area contributed by atoms with Gasteiger partial charge in [-0.3, -0.25) is 19.3 Å². The Morgan fingerprint density at radius 3 is 2.91 bits per heavy atom. The summed E-state index contributed by atoms with van der Waals surface area (Å²) >= 11 is 6.24. The molecule has 1 aromatic carbocycles. The summed E-state index contributed by atoms with van der Waals surface area (Å²) in [5, 5.41) is 8.90. The Morgan fingerprint density at radius 2 is 2.03 bits per heavy atom. The third-order valence-electron chi connectivity index (χ3n) is 5.05. The topological polar surface area (TPSA) is 84.2 Å². The summed E-state index contributed by atoms with van der Waals surface area (Å²) in [6, 6.07) is 11.8. The van der Waals surface area contributed by atoms with Crippen LogP contribution in [0.25, 0.3) is 11.8 Å². The van der Waals surface area contributed by atoms with Crippen molar-refractivity contribution in [3.8, 4) is 0 Å². The Morgan fingerprint density at radius 1 is 1.09 bits per heavy atom. The molecular formula is C24H23ClN6O. The molecule has 3 heterocycles. The number of benzene rings is 1. The van der Waals surface area contributed by atoms with Crippen LogP contribution in [0.5, 0.6) is 0 Å². The summed E-state index contributed by atoms with van der Waals surface area (Å²) < 4.78 is 1.52. The van der Waals surface area contributed by atoms with E-state index in [1.54, 1.807) is 18.6 Å². The fourth-order valence-corrected chi connectivity index (χ4v) is 3.63. The molecule has 0 bridgehead atoms. The van der Waals surface area contributed by atoms with Crippen molar-refractivity contribution < 1.29 is 0 Å². The number of halogens is 1. The summed E-state index contributed by atoms with van der Waals surface area (Å²) in [5.74, 6) is 0.287. The van der Waals surface area contributed by atoms with Crippen LogP contribution >= 0.6 is 11.6 Å². The van der Waals surface area contributed by atoms with Crippen LogP contribution in [-0.4, -0.2) is 33.8 Å². The normalized spacial score (nSPS) is 11.9. The Bertz CT molecular complexity index is 1330. The van der Waals surface area contributed by atoms with Crippen molar-refractivity contribution in [3.63, 3.8) is 0 Å². The second-order valence-electron chi connectivity index (χ2n) is 7.18. The number of aromatic nitrogens is 3. The SMILES string of the molecule is O=c1c(NCCc2ccccn2)ncc(Cl)n1CCNCc1cccc2c1=CC=NC=C=2. The van der Waals surface area contributed by atoms with E-state index in [9.17, 15) is 4.79 Å². The summed E-state index contributed by atoms with van der Waals surface area (Å²) in [6.07, 6.45) is 9.36. The highest BCUT2D eigenvalue weighted by atomic mass is 35.5. The monoisotopic (exact) mass is 446 g/mol. The van der Waals surface area contributed by atoms with Gasteiger partial charge in [0.25, 0.3) is 5.56 Å². The fourth-order valence-electron chi connectivity index (χ4n) is 3.42. The predicted octanol–water partition coefficient (Wildman–Crippen LogP) is 1.49. The predicted molar refractivity (Wildman–Crippen MR) is 128 cm³/mol. The Balaban J connectivity index is 1.36. The van der Waals surface area contributed by atoms with E-state index in [4.69, 9.17) is 11.6 Å². The zero-order valence-electron chi connectivity index (χ0n) is 17.5. The summed E-state index contributed by atoms with van der Waals surface area (Å²) in [5.41, 5.74) is 5.02. The van der Waals surface area contributed by atoms with Gasteiger partial charge in [0.15, 0.2) is 5.82 Å². The first-order valence-corrected chi connectivity index (χ1v) is 10.8. The van der Waals surface area contributed by atoms with Gasteiger partial charge in [0.2, 0.25) is 0 Å². The first-order chi connectivity index (χ1) is 15.7. The number of anilines is 1. The van der Waals surface area contributed by atoms with E-state index in [1.165, 1.54) is 10.8 Å². The van der Waals surface area contributed by atoms with E-state index in [0.717, 1.165) is 21.7 Å². The lowest BCUT2D eigenvalue weighted by atomic mass is 10.1.